The molecule has 17 heavy (non-hydrogen) atoms. The predicted molar refractivity (Wildman–Crippen MR) is 60.6 cm³/mol. The van der Waals surface area contributed by atoms with Crippen LogP contribution < -0.4 is 5.32 Å². The van der Waals surface area contributed by atoms with Crippen molar-refractivity contribution in [2.45, 2.75) is 18.7 Å². The minimum atomic E-state index is -0.959. The zero-order chi connectivity index (χ0) is 13.0. The molecule has 2 unspecified atom stereocenters. The van der Waals surface area contributed by atoms with E-state index in [-0.39, 0.29) is 31.3 Å². The van der Waals surface area contributed by atoms with Gasteiger partial charge in [0.05, 0.1) is 5.92 Å². The predicted octanol–water partition coefficient (Wildman–Crippen LogP) is -0.337. The van der Waals surface area contributed by atoms with Crippen molar-refractivity contribution in [3.05, 3.63) is 0 Å². The van der Waals surface area contributed by atoms with Gasteiger partial charge in [-0.3, -0.25) is 14.4 Å². The maximum Gasteiger partial charge on any atom is 0.308 e. The molecule has 1 aliphatic rings. The monoisotopic (exact) mass is 262 g/mol. The molecule has 0 aliphatic carbocycles. The van der Waals surface area contributed by atoms with Gasteiger partial charge in [-0.25, -0.2) is 0 Å². The van der Waals surface area contributed by atoms with E-state index in [1.807, 2.05) is 0 Å². The standard InChI is InChI=1S/C10H15ClN2O4/c1-6(11)9(15)12-2-3-13-5-7(10(16)17)4-8(13)14/h6-7H,2-5H2,1H3,(H,12,15)(H,16,17). The Morgan fingerprint density at radius 3 is 2.76 bits per heavy atom. The Bertz CT molecular complexity index is 332. The molecule has 7 heteroatoms. The summed E-state index contributed by atoms with van der Waals surface area (Å²) in [6, 6.07) is 0. The van der Waals surface area contributed by atoms with Crippen LogP contribution in [0.5, 0.6) is 0 Å². The fraction of sp³-hybridized carbons (Fsp3) is 0.700. The summed E-state index contributed by atoms with van der Waals surface area (Å²) in [6.07, 6.45) is 0.0369. The highest BCUT2D eigenvalue weighted by molar-refractivity contribution is 6.30. The van der Waals surface area contributed by atoms with Crippen LogP contribution in [0.25, 0.3) is 0 Å². The summed E-state index contributed by atoms with van der Waals surface area (Å²) in [7, 11) is 0. The number of rotatable bonds is 5. The zero-order valence-electron chi connectivity index (χ0n) is 9.48. The molecule has 0 radical (unpaired) electrons. The summed E-state index contributed by atoms with van der Waals surface area (Å²) < 4.78 is 0. The fourth-order valence-electron chi connectivity index (χ4n) is 1.61. The van der Waals surface area contributed by atoms with Gasteiger partial charge < -0.3 is 15.3 Å². The Morgan fingerprint density at radius 1 is 1.65 bits per heavy atom. The number of carbonyl (C=O) groups is 3. The lowest BCUT2D eigenvalue weighted by Gasteiger charge is -2.16. The molecule has 2 N–H and O–H groups in total. The Morgan fingerprint density at radius 2 is 2.29 bits per heavy atom. The van der Waals surface area contributed by atoms with E-state index in [9.17, 15) is 14.4 Å². The van der Waals surface area contributed by atoms with Crippen molar-refractivity contribution in [3.8, 4) is 0 Å². The highest BCUT2D eigenvalue weighted by atomic mass is 35.5. The van der Waals surface area contributed by atoms with E-state index >= 15 is 0 Å². The first-order valence-electron chi connectivity index (χ1n) is 5.34. The third-order valence-corrected chi connectivity index (χ3v) is 2.80. The molecule has 1 aliphatic heterocycles. The second-order valence-corrected chi connectivity index (χ2v) is 4.64. The molecule has 2 amide bonds. The number of nitrogens with zero attached hydrogens (tertiary/aromatic N) is 1. The number of halogens is 1. The van der Waals surface area contributed by atoms with Crippen LogP contribution in [0.1, 0.15) is 13.3 Å². The van der Waals surface area contributed by atoms with Gasteiger partial charge in [-0.05, 0) is 6.92 Å². The van der Waals surface area contributed by atoms with Crippen LogP contribution in [-0.4, -0.2) is 52.8 Å². The van der Waals surface area contributed by atoms with Crippen LogP contribution in [0.15, 0.2) is 0 Å². The number of aliphatic carboxylic acids is 1. The molecule has 0 bridgehead atoms. The van der Waals surface area contributed by atoms with Gasteiger partial charge in [-0.1, -0.05) is 0 Å². The molecular weight excluding hydrogens is 248 g/mol. The van der Waals surface area contributed by atoms with Crippen LogP contribution in [-0.2, 0) is 14.4 Å². The Hall–Kier alpha value is -1.30. The van der Waals surface area contributed by atoms with Crippen molar-refractivity contribution in [2.24, 2.45) is 5.92 Å². The lowest BCUT2D eigenvalue weighted by Crippen LogP contribution is -2.38. The van der Waals surface area contributed by atoms with Crippen molar-refractivity contribution < 1.29 is 19.5 Å². The van der Waals surface area contributed by atoms with E-state index < -0.39 is 17.3 Å². The van der Waals surface area contributed by atoms with E-state index in [0.29, 0.717) is 6.54 Å². The third kappa shape index (κ3) is 3.89. The molecule has 96 valence electrons. The van der Waals surface area contributed by atoms with E-state index in [2.05, 4.69) is 5.32 Å². The Labute approximate surface area is 104 Å². The largest absolute Gasteiger partial charge is 0.481 e. The average Bonchev–Trinajstić information content (AvgIpc) is 2.60. The first-order chi connectivity index (χ1) is 7.91. The summed E-state index contributed by atoms with van der Waals surface area (Å²) in [4.78, 5) is 34.7. The van der Waals surface area contributed by atoms with E-state index in [1.165, 1.54) is 4.90 Å². The van der Waals surface area contributed by atoms with Gasteiger partial charge in [0.25, 0.3) is 0 Å². The number of alkyl halides is 1. The highest BCUT2D eigenvalue weighted by Crippen LogP contribution is 2.17. The van der Waals surface area contributed by atoms with Gasteiger partial charge in [0.2, 0.25) is 11.8 Å². The van der Waals surface area contributed by atoms with Gasteiger partial charge >= 0.3 is 5.97 Å². The van der Waals surface area contributed by atoms with Crippen LogP contribution in [0, 0.1) is 5.92 Å². The second-order valence-electron chi connectivity index (χ2n) is 3.99. The Kier molecular flexibility index (Phi) is 4.74. The van der Waals surface area contributed by atoms with Gasteiger partial charge in [0, 0.05) is 26.1 Å². The van der Waals surface area contributed by atoms with Crippen LogP contribution >= 0.6 is 11.6 Å². The molecule has 0 aromatic heterocycles. The minimum Gasteiger partial charge on any atom is -0.481 e. The summed E-state index contributed by atoms with van der Waals surface area (Å²) in [5.74, 6) is -2.08. The normalized spacial score (nSPS) is 21.4. The van der Waals surface area contributed by atoms with Gasteiger partial charge in [0.1, 0.15) is 5.38 Å². The number of carboxylic acids is 1. The van der Waals surface area contributed by atoms with Crippen molar-refractivity contribution in [1.82, 2.24) is 10.2 Å². The Balaban J connectivity index is 2.31. The number of amides is 2. The van der Waals surface area contributed by atoms with Crippen LogP contribution in [0.2, 0.25) is 0 Å². The molecule has 6 nitrogen and oxygen atoms in total. The van der Waals surface area contributed by atoms with Gasteiger partial charge in [0.15, 0.2) is 0 Å². The van der Waals surface area contributed by atoms with Crippen LogP contribution in [0.3, 0.4) is 0 Å². The maximum atomic E-state index is 11.4. The fourth-order valence-corrected chi connectivity index (χ4v) is 1.69. The molecule has 1 heterocycles. The topological polar surface area (TPSA) is 86.7 Å². The highest BCUT2D eigenvalue weighted by Gasteiger charge is 2.33. The molecule has 0 aromatic carbocycles. The first-order valence-corrected chi connectivity index (χ1v) is 5.77. The molecule has 1 rings (SSSR count). The summed E-state index contributed by atoms with van der Waals surface area (Å²) in [6.45, 7) is 2.37. The number of hydrogen-bond acceptors (Lipinski definition) is 3. The SMILES string of the molecule is CC(Cl)C(=O)NCCN1CC(C(=O)O)CC1=O. The number of carboxylic acid groups (broad SMARTS) is 1. The van der Waals surface area contributed by atoms with Crippen molar-refractivity contribution >= 4 is 29.4 Å². The minimum absolute atomic E-state index is 0.0369. The second kappa shape index (κ2) is 5.86. The van der Waals surface area contributed by atoms with Crippen molar-refractivity contribution in [3.63, 3.8) is 0 Å². The maximum absolute atomic E-state index is 11.4. The number of hydrogen-bond donors (Lipinski definition) is 2. The molecule has 0 saturated carbocycles. The smallest absolute Gasteiger partial charge is 0.308 e. The third-order valence-electron chi connectivity index (χ3n) is 2.61. The number of nitrogens with one attached hydrogen (secondary N) is 1. The summed E-state index contributed by atoms with van der Waals surface area (Å²) in [5.41, 5.74) is 0. The zero-order valence-corrected chi connectivity index (χ0v) is 10.2. The van der Waals surface area contributed by atoms with Crippen LogP contribution in [0.4, 0.5) is 0 Å². The van der Waals surface area contributed by atoms with Crippen molar-refractivity contribution in [1.29, 1.82) is 0 Å². The molecule has 2 atom stereocenters. The molecular formula is C10H15ClN2O4. The lowest BCUT2D eigenvalue weighted by atomic mass is 10.1. The molecule has 0 spiro atoms. The van der Waals surface area contributed by atoms with E-state index in [0.717, 1.165) is 0 Å². The quantitative estimate of drug-likeness (QED) is 0.664. The number of carbonyl (C=O) groups excluding carboxylic acids is 2. The van der Waals surface area contributed by atoms with Crippen molar-refractivity contribution in [2.75, 3.05) is 19.6 Å². The average molecular weight is 263 g/mol. The lowest BCUT2D eigenvalue weighted by molar-refractivity contribution is -0.141. The molecule has 1 saturated heterocycles. The van der Waals surface area contributed by atoms with E-state index in [1.54, 1.807) is 6.92 Å². The molecule has 1 fully saturated rings. The van der Waals surface area contributed by atoms with Gasteiger partial charge in [-0.15, -0.1) is 11.6 Å². The first kappa shape index (κ1) is 13.8. The van der Waals surface area contributed by atoms with E-state index in [4.69, 9.17) is 16.7 Å². The summed E-state index contributed by atoms with van der Waals surface area (Å²) >= 11 is 5.55. The summed E-state index contributed by atoms with van der Waals surface area (Å²) in [5, 5.41) is 10.7. The molecule has 0 aromatic rings. The number of likely N-dealkylation sites (tertiary alicyclic amines) is 1. The van der Waals surface area contributed by atoms with Gasteiger partial charge in [-0.2, -0.15) is 0 Å².